The highest BCUT2D eigenvalue weighted by Gasteiger charge is 2.27. The van der Waals surface area contributed by atoms with Crippen LogP contribution in [0.3, 0.4) is 0 Å². The van der Waals surface area contributed by atoms with Gasteiger partial charge >= 0.3 is 0 Å². The molecule has 4 rings (SSSR count). The van der Waals surface area contributed by atoms with Crippen LogP contribution >= 0.6 is 22.7 Å². The second kappa shape index (κ2) is 8.77. The Balaban J connectivity index is 1.77. The SMILES string of the molecule is CS(=O)(=O)c1ccc2nc(N(CCc3cccs3)C(=O)c3ccccc3[N+](=O)[O-])sc2c1. The molecule has 0 spiro atoms. The maximum absolute atomic E-state index is 13.4. The van der Waals surface area contributed by atoms with Crippen molar-refractivity contribution in [1.29, 1.82) is 0 Å². The van der Waals surface area contributed by atoms with E-state index in [0.717, 1.165) is 11.1 Å². The number of anilines is 1. The largest absolute Gasteiger partial charge is 0.283 e. The fourth-order valence-electron chi connectivity index (χ4n) is 3.16. The Morgan fingerprint density at radius 2 is 1.94 bits per heavy atom. The molecule has 0 radical (unpaired) electrons. The summed E-state index contributed by atoms with van der Waals surface area (Å²) < 4.78 is 24.4. The predicted molar refractivity (Wildman–Crippen MR) is 126 cm³/mol. The van der Waals surface area contributed by atoms with Crippen molar-refractivity contribution in [1.82, 2.24) is 4.98 Å². The summed E-state index contributed by atoms with van der Waals surface area (Å²) in [6.07, 6.45) is 1.68. The monoisotopic (exact) mass is 487 g/mol. The van der Waals surface area contributed by atoms with Gasteiger partial charge < -0.3 is 0 Å². The molecular formula is C21H17N3O5S3. The molecule has 0 N–H and O–H groups in total. The molecular weight excluding hydrogens is 470 g/mol. The average molecular weight is 488 g/mol. The van der Waals surface area contributed by atoms with Crippen molar-refractivity contribution >= 4 is 59.5 Å². The summed E-state index contributed by atoms with van der Waals surface area (Å²) >= 11 is 2.73. The van der Waals surface area contributed by atoms with E-state index in [-0.39, 0.29) is 22.7 Å². The van der Waals surface area contributed by atoms with Crippen LogP contribution in [0.25, 0.3) is 10.2 Å². The first kappa shape index (κ1) is 22.1. The predicted octanol–water partition coefficient (Wildman–Crippen LogP) is 4.56. The van der Waals surface area contributed by atoms with E-state index in [4.69, 9.17) is 0 Å². The van der Waals surface area contributed by atoms with Crippen molar-refractivity contribution in [2.75, 3.05) is 17.7 Å². The average Bonchev–Trinajstić information content (AvgIpc) is 3.42. The van der Waals surface area contributed by atoms with E-state index >= 15 is 0 Å². The van der Waals surface area contributed by atoms with Gasteiger partial charge in [-0.05, 0) is 42.1 Å². The molecule has 8 nitrogen and oxygen atoms in total. The number of fused-ring (bicyclic) bond motifs is 1. The number of thiophene rings is 1. The Labute approximate surface area is 191 Å². The number of para-hydroxylation sites is 1. The van der Waals surface area contributed by atoms with Gasteiger partial charge in [-0.1, -0.05) is 29.5 Å². The van der Waals surface area contributed by atoms with E-state index in [1.54, 1.807) is 23.5 Å². The molecule has 0 aliphatic carbocycles. The normalized spacial score (nSPS) is 11.5. The number of nitrogens with zero attached hydrogens (tertiary/aromatic N) is 3. The second-order valence-electron chi connectivity index (χ2n) is 6.96. The molecule has 0 aliphatic rings. The van der Waals surface area contributed by atoms with Crippen molar-refractivity contribution in [3.8, 4) is 0 Å². The van der Waals surface area contributed by atoms with Gasteiger partial charge in [0.25, 0.3) is 11.6 Å². The highest BCUT2D eigenvalue weighted by Crippen LogP contribution is 2.33. The molecule has 0 fully saturated rings. The summed E-state index contributed by atoms with van der Waals surface area (Å²) in [5.41, 5.74) is 0.243. The number of sulfone groups is 1. The van der Waals surface area contributed by atoms with E-state index in [1.807, 2.05) is 17.5 Å². The van der Waals surface area contributed by atoms with Crippen LogP contribution in [0.1, 0.15) is 15.2 Å². The van der Waals surface area contributed by atoms with E-state index in [0.29, 0.717) is 21.8 Å². The number of carbonyl (C=O) groups is 1. The third kappa shape index (κ3) is 4.54. The van der Waals surface area contributed by atoms with Gasteiger partial charge in [-0.2, -0.15) is 0 Å². The van der Waals surface area contributed by atoms with Gasteiger partial charge in [0.05, 0.1) is 20.0 Å². The van der Waals surface area contributed by atoms with Gasteiger partial charge in [-0.25, -0.2) is 13.4 Å². The number of benzene rings is 2. The number of nitro groups is 1. The Bertz CT molecular complexity index is 1410. The van der Waals surface area contributed by atoms with Crippen LogP contribution in [0.2, 0.25) is 0 Å². The number of nitro benzene ring substituents is 1. The van der Waals surface area contributed by atoms with Gasteiger partial charge in [0.15, 0.2) is 15.0 Å². The highest BCUT2D eigenvalue weighted by atomic mass is 32.2. The van der Waals surface area contributed by atoms with Gasteiger partial charge in [0, 0.05) is 23.7 Å². The summed E-state index contributed by atoms with van der Waals surface area (Å²) in [7, 11) is -3.39. The maximum Gasteiger partial charge on any atom is 0.282 e. The summed E-state index contributed by atoms with van der Waals surface area (Å²) in [6.45, 7) is 0.268. The molecule has 0 unspecified atom stereocenters. The lowest BCUT2D eigenvalue weighted by Crippen LogP contribution is -2.33. The van der Waals surface area contributed by atoms with E-state index < -0.39 is 20.7 Å². The third-order valence-electron chi connectivity index (χ3n) is 4.75. The summed E-state index contributed by atoms with van der Waals surface area (Å²) in [5, 5.41) is 13.8. The van der Waals surface area contributed by atoms with Crippen LogP contribution in [0.5, 0.6) is 0 Å². The van der Waals surface area contributed by atoms with Crippen molar-refractivity contribution in [2.24, 2.45) is 0 Å². The molecule has 32 heavy (non-hydrogen) atoms. The standard InChI is InChI=1S/C21H17N3O5S3/c1-32(28,29)15-8-9-17-19(13-15)31-21(22-17)23(11-10-14-5-4-12-30-14)20(25)16-6-2-3-7-18(16)24(26)27/h2-9,12-13H,10-11H2,1H3. The second-order valence-corrected chi connectivity index (χ2v) is 11.0. The molecule has 0 aliphatic heterocycles. The number of rotatable bonds is 7. The lowest BCUT2D eigenvalue weighted by molar-refractivity contribution is -0.385. The van der Waals surface area contributed by atoms with Crippen LogP contribution < -0.4 is 4.90 Å². The molecule has 0 bridgehead atoms. The number of thiazole rings is 1. The van der Waals surface area contributed by atoms with Crippen LogP contribution in [0.4, 0.5) is 10.8 Å². The summed E-state index contributed by atoms with van der Waals surface area (Å²) in [4.78, 5) is 31.5. The minimum atomic E-state index is -3.39. The van der Waals surface area contributed by atoms with Gasteiger partial charge in [0.1, 0.15) is 5.56 Å². The van der Waals surface area contributed by atoms with Crippen molar-refractivity contribution in [3.63, 3.8) is 0 Å². The Kier molecular flexibility index (Phi) is 6.04. The highest BCUT2D eigenvalue weighted by molar-refractivity contribution is 7.90. The number of hydrogen-bond donors (Lipinski definition) is 0. The van der Waals surface area contributed by atoms with Crippen molar-refractivity contribution < 1.29 is 18.1 Å². The molecule has 164 valence electrons. The molecule has 2 heterocycles. The van der Waals surface area contributed by atoms with Crippen molar-refractivity contribution in [2.45, 2.75) is 11.3 Å². The quantitative estimate of drug-likeness (QED) is 0.279. The Morgan fingerprint density at radius 3 is 2.62 bits per heavy atom. The first-order valence-corrected chi connectivity index (χ1v) is 13.0. The molecule has 4 aromatic rings. The Morgan fingerprint density at radius 1 is 1.16 bits per heavy atom. The number of carbonyl (C=O) groups excluding carboxylic acids is 1. The zero-order valence-electron chi connectivity index (χ0n) is 16.8. The van der Waals surface area contributed by atoms with Crippen LogP contribution in [-0.2, 0) is 16.3 Å². The van der Waals surface area contributed by atoms with E-state index in [2.05, 4.69) is 4.98 Å². The van der Waals surface area contributed by atoms with E-state index in [1.165, 1.54) is 46.6 Å². The number of amides is 1. The molecule has 1 amide bonds. The smallest absolute Gasteiger partial charge is 0.282 e. The zero-order valence-corrected chi connectivity index (χ0v) is 19.2. The van der Waals surface area contributed by atoms with E-state index in [9.17, 15) is 23.3 Å². The minimum absolute atomic E-state index is 0.0280. The fraction of sp³-hybridized carbons (Fsp3) is 0.143. The number of hydrogen-bond acceptors (Lipinski definition) is 8. The van der Waals surface area contributed by atoms with Gasteiger partial charge in [-0.3, -0.25) is 19.8 Å². The summed E-state index contributed by atoms with van der Waals surface area (Å²) in [5.74, 6) is -0.531. The third-order valence-corrected chi connectivity index (χ3v) is 7.83. The molecule has 11 heteroatoms. The Hall–Kier alpha value is -3.15. The van der Waals surface area contributed by atoms with Gasteiger partial charge in [0.2, 0.25) is 0 Å². The summed E-state index contributed by atoms with van der Waals surface area (Å²) in [6, 6.07) is 14.3. The lowest BCUT2D eigenvalue weighted by Gasteiger charge is -2.19. The van der Waals surface area contributed by atoms with Crippen LogP contribution in [0, 0.1) is 10.1 Å². The lowest BCUT2D eigenvalue weighted by atomic mass is 10.1. The fourth-order valence-corrected chi connectivity index (χ4v) is 5.61. The molecule has 0 saturated carbocycles. The first-order valence-electron chi connectivity index (χ1n) is 9.42. The zero-order chi connectivity index (χ0) is 22.9. The first-order chi connectivity index (χ1) is 15.2. The van der Waals surface area contributed by atoms with Crippen LogP contribution in [-0.4, -0.2) is 37.0 Å². The van der Waals surface area contributed by atoms with Gasteiger partial charge in [-0.15, -0.1) is 11.3 Å². The topological polar surface area (TPSA) is 110 Å². The molecule has 0 saturated heterocycles. The minimum Gasteiger partial charge on any atom is -0.283 e. The number of aromatic nitrogens is 1. The van der Waals surface area contributed by atoms with Crippen molar-refractivity contribution in [3.05, 3.63) is 80.5 Å². The maximum atomic E-state index is 13.4. The molecule has 2 aromatic heterocycles. The molecule has 0 atom stereocenters. The molecule has 2 aromatic carbocycles. The van der Waals surface area contributed by atoms with Crippen LogP contribution in [0.15, 0.2) is 64.9 Å².